The Bertz CT molecular complexity index is 1760. The molecule has 1 heterocycles. The van der Waals surface area contributed by atoms with Crippen LogP contribution in [0, 0.1) is 34.6 Å². The Labute approximate surface area is 245 Å². The van der Waals surface area contributed by atoms with E-state index >= 15 is 0 Å². The molecule has 5 rings (SSSR count). The normalized spacial score (nSPS) is 21.4. The van der Waals surface area contributed by atoms with Crippen molar-refractivity contribution in [3.63, 3.8) is 0 Å². The lowest BCUT2D eigenvalue weighted by Crippen LogP contribution is -2.54. The Morgan fingerprint density at radius 1 is 0.837 bits per heavy atom. The number of amides is 1. The van der Waals surface area contributed by atoms with Gasteiger partial charge in [0, 0.05) is 29.2 Å². The fraction of sp³-hybridized carbons (Fsp3) is 0.182. The van der Waals surface area contributed by atoms with Crippen LogP contribution in [0.4, 0.5) is 14.5 Å². The molecule has 218 valence electrons. The van der Waals surface area contributed by atoms with Gasteiger partial charge in [-0.05, 0) is 61.4 Å². The summed E-state index contributed by atoms with van der Waals surface area (Å²) >= 11 is 0. The van der Waals surface area contributed by atoms with Gasteiger partial charge in [-0.15, -0.1) is 0 Å². The molecule has 1 aliphatic rings. The maximum Gasteiger partial charge on any atom is 0.330 e. The third kappa shape index (κ3) is 5.16. The number of carboxylic acid groups (broad SMARTS) is 1. The van der Waals surface area contributed by atoms with Gasteiger partial charge in [-0.3, -0.25) is 19.7 Å². The first-order chi connectivity index (χ1) is 20.4. The van der Waals surface area contributed by atoms with Gasteiger partial charge in [-0.2, -0.15) is 0 Å². The summed E-state index contributed by atoms with van der Waals surface area (Å²) in [7, 11) is 0. The monoisotopic (exact) mass is 584 g/mol. The number of nitro benzene ring substituents is 1. The zero-order chi connectivity index (χ0) is 31.1. The second-order valence-corrected chi connectivity index (χ2v) is 10.7. The number of carboxylic acids is 1. The van der Waals surface area contributed by atoms with Gasteiger partial charge in [0.15, 0.2) is 5.78 Å². The molecule has 4 atom stereocenters. The molecule has 4 aromatic rings. The molecule has 0 bridgehead atoms. The first-order valence-electron chi connectivity index (χ1n) is 13.4. The van der Waals surface area contributed by atoms with Crippen molar-refractivity contribution >= 4 is 23.3 Å². The molecule has 1 amide bonds. The number of halogens is 2. The zero-order valence-corrected chi connectivity index (χ0v) is 23.1. The molecule has 8 nitrogen and oxygen atoms in total. The van der Waals surface area contributed by atoms with E-state index in [1.54, 1.807) is 31.2 Å². The quantitative estimate of drug-likeness (QED) is 0.150. The number of hydrogen-bond donors (Lipinski definition) is 1. The second-order valence-electron chi connectivity index (χ2n) is 10.7. The van der Waals surface area contributed by atoms with E-state index in [-0.39, 0.29) is 27.9 Å². The van der Waals surface area contributed by atoms with E-state index in [4.69, 9.17) is 0 Å². The maximum atomic E-state index is 14.5. The van der Waals surface area contributed by atoms with Crippen LogP contribution in [0.1, 0.15) is 56.3 Å². The van der Waals surface area contributed by atoms with Crippen LogP contribution in [-0.4, -0.2) is 38.1 Å². The van der Waals surface area contributed by atoms with Crippen LogP contribution < -0.4 is 0 Å². The summed E-state index contributed by atoms with van der Waals surface area (Å²) in [6.07, 6.45) is 0. The van der Waals surface area contributed by atoms with Crippen molar-refractivity contribution in [3.8, 4) is 0 Å². The standard InChI is InChI=1S/C33H26F2N2O6/c1-19-6-3-8-22(16-19)30(38)27-28(20-12-14-24(34)15-13-20)33(2,32(40)41)36(31(39)23-9-4-10-25(35)17-23)29(27)21-7-5-11-26(18-21)37(42)43/h3-18,27-29H,1-2H3,(H,40,41). The minimum atomic E-state index is -2.15. The van der Waals surface area contributed by atoms with E-state index in [1.165, 1.54) is 55.5 Å². The van der Waals surface area contributed by atoms with Gasteiger partial charge in [0.05, 0.1) is 16.9 Å². The highest BCUT2D eigenvalue weighted by Gasteiger charge is 2.65. The first-order valence-corrected chi connectivity index (χ1v) is 13.4. The summed E-state index contributed by atoms with van der Waals surface area (Å²) in [4.78, 5) is 54.3. The van der Waals surface area contributed by atoms with E-state index in [9.17, 15) is 38.4 Å². The van der Waals surface area contributed by atoms with Crippen LogP contribution in [-0.2, 0) is 4.79 Å². The Morgan fingerprint density at radius 2 is 1.49 bits per heavy atom. The topological polar surface area (TPSA) is 118 Å². The average Bonchev–Trinajstić information content (AvgIpc) is 3.27. The number of non-ortho nitro benzene ring substituents is 1. The highest BCUT2D eigenvalue weighted by Crippen LogP contribution is 2.57. The number of carbonyl (C=O) groups excluding carboxylic acids is 2. The van der Waals surface area contributed by atoms with E-state index in [0.29, 0.717) is 0 Å². The van der Waals surface area contributed by atoms with Crippen molar-refractivity contribution in [1.82, 2.24) is 4.90 Å². The van der Waals surface area contributed by atoms with Crippen LogP contribution in [0.25, 0.3) is 0 Å². The number of Topliss-reactive ketones (excluding diaryl/α,β-unsaturated/α-hetero) is 1. The summed E-state index contributed by atoms with van der Waals surface area (Å²) in [6.45, 7) is 3.07. The number of ketones is 1. The summed E-state index contributed by atoms with van der Waals surface area (Å²) < 4.78 is 28.4. The molecule has 0 aliphatic carbocycles. The molecule has 4 unspecified atom stereocenters. The Balaban J connectivity index is 1.86. The molecular formula is C33H26F2N2O6. The number of benzene rings is 4. The molecule has 10 heteroatoms. The van der Waals surface area contributed by atoms with Crippen LogP contribution in [0.5, 0.6) is 0 Å². The molecule has 0 spiro atoms. The van der Waals surface area contributed by atoms with Crippen molar-refractivity contribution in [2.45, 2.75) is 31.3 Å². The van der Waals surface area contributed by atoms with Crippen molar-refractivity contribution in [2.75, 3.05) is 0 Å². The lowest BCUT2D eigenvalue weighted by molar-refractivity contribution is -0.385. The minimum Gasteiger partial charge on any atom is -0.479 e. The van der Waals surface area contributed by atoms with Crippen molar-refractivity contribution in [3.05, 3.63) is 147 Å². The number of carbonyl (C=O) groups is 3. The smallest absolute Gasteiger partial charge is 0.330 e. The number of hydrogen-bond acceptors (Lipinski definition) is 5. The molecule has 43 heavy (non-hydrogen) atoms. The van der Waals surface area contributed by atoms with Gasteiger partial charge >= 0.3 is 5.97 Å². The van der Waals surface area contributed by atoms with E-state index < -0.39 is 57.6 Å². The zero-order valence-electron chi connectivity index (χ0n) is 23.1. The summed E-state index contributed by atoms with van der Waals surface area (Å²) in [5.74, 6) is -6.77. The molecule has 0 saturated carbocycles. The van der Waals surface area contributed by atoms with E-state index in [0.717, 1.165) is 34.7 Å². The largest absolute Gasteiger partial charge is 0.479 e. The van der Waals surface area contributed by atoms with Gasteiger partial charge in [0.25, 0.3) is 11.6 Å². The summed E-state index contributed by atoms with van der Waals surface area (Å²) in [6, 6.07) is 20.3. The number of aliphatic carboxylic acids is 1. The molecule has 1 saturated heterocycles. The summed E-state index contributed by atoms with van der Waals surface area (Å²) in [5, 5.41) is 22.6. The van der Waals surface area contributed by atoms with Crippen molar-refractivity contribution < 1.29 is 33.2 Å². The fourth-order valence-corrected chi connectivity index (χ4v) is 6.13. The third-order valence-electron chi connectivity index (χ3n) is 8.06. The van der Waals surface area contributed by atoms with Crippen molar-refractivity contribution in [2.24, 2.45) is 5.92 Å². The van der Waals surface area contributed by atoms with Crippen LogP contribution in [0.2, 0.25) is 0 Å². The molecule has 4 aromatic carbocycles. The van der Waals surface area contributed by atoms with Gasteiger partial charge in [0.1, 0.15) is 17.2 Å². The fourth-order valence-electron chi connectivity index (χ4n) is 6.13. The lowest BCUT2D eigenvalue weighted by Gasteiger charge is -2.38. The molecule has 0 aromatic heterocycles. The average molecular weight is 585 g/mol. The Hall–Kier alpha value is -5.25. The maximum absolute atomic E-state index is 14.5. The van der Waals surface area contributed by atoms with Gasteiger partial charge in [-0.25, -0.2) is 13.6 Å². The van der Waals surface area contributed by atoms with Gasteiger partial charge in [0.2, 0.25) is 0 Å². The summed E-state index contributed by atoms with van der Waals surface area (Å²) in [5.41, 5.74) is -1.27. The van der Waals surface area contributed by atoms with Crippen LogP contribution in [0.15, 0.2) is 97.1 Å². The SMILES string of the molecule is Cc1cccc(C(=O)C2C(c3cccc([N+](=O)[O-])c3)N(C(=O)c3cccc(F)c3)C(C)(C(=O)O)C2c2ccc(F)cc2)c1. The molecule has 1 aliphatic heterocycles. The molecular weight excluding hydrogens is 558 g/mol. The third-order valence-corrected chi connectivity index (χ3v) is 8.06. The number of likely N-dealkylation sites (tertiary alicyclic amines) is 1. The van der Waals surface area contributed by atoms with Gasteiger partial charge < -0.3 is 10.0 Å². The molecule has 1 N–H and O–H groups in total. The minimum absolute atomic E-state index is 0.141. The second kappa shape index (κ2) is 11.2. The predicted molar refractivity (Wildman–Crippen MR) is 153 cm³/mol. The predicted octanol–water partition coefficient (Wildman–Crippen LogP) is 6.50. The molecule has 0 radical (unpaired) electrons. The van der Waals surface area contributed by atoms with Crippen LogP contribution in [0.3, 0.4) is 0 Å². The van der Waals surface area contributed by atoms with E-state index in [1.807, 2.05) is 0 Å². The van der Waals surface area contributed by atoms with Crippen molar-refractivity contribution in [1.29, 1.82) is 0 Å². The van der Waals surface area contributed by atoms with Crippen LogP contribution >= 0.6 is 0 Å². The van der Waals surface area contributed by atoms with Gasteiger partial charge in [-0.1, -0.05) is 54.1 Å². The highest BCUT2D eigenvalue weighted by molar-refractivity contribution is 6.04. The number of rotatable bonds is 7. The Kier molecular flexibility index (Phi) is 7.62. The Morgan fingerprint density at radius 3 is 2.12 bits per heavy atom. The molecule has 1 fully saturated rings. The highest BCUT2D eigenvalue weighted by atomic mass is 19.1. The number of aryl methyl sites for hydroxylation is 1. The first kappa shape index (κ1) is 29.2. The van der Waals surface area contributed by atoms with E-state index in [2.05, 4.69) is 0 Å². The number of nitrogens with zero attached hydrogens (tertiary/aromatic N) is 2. The number of nitro groups is 1. The lowest BCUT2D eigenvalue weighted by atomic mass is 9.71.